The van der Waals surface area contributed by atoms with Crippen molar-refractivity contribution < 1.29 is 4.74 Å². The number of rotatable bonds is 7. The van der Waals surface area contributed by atoms with Crippen LogP contribution in [0.5, 0.6) is 0 Å². The molecule has 1 saturated heterocycles. The van der Waals surface area contributed by atoms with Gasteiger partial charge in [0.2, 0.25) is 17.8 Å². The molecule has 2 heterocycles. The third-order valence-corrected chi connectivity index (χ3v) is 3.04. The number of hydrogen-bond donors (Lipinski definition) is 2. The summed E-state index contributed by atoms with van der Waals surface area (Å²) in [5.74, 6) is 1.98. The summed E-state index contributed by atoms with van der Waals surface area (Å²) >= 11 is 0. The topological polar surface area (TPSA) is 75.2 Å². The van der Waals surface area contributed by atoms with Gasteiger partial charge in [0.25, 0.3) is 0 Å². The van der Waals surface area contributed by atoms with Crippen LogP contribution in [0, 0.1) is 0 Å². The van der Waals surface area contributed by atoms with E-state index in [0.29, 0.717) is 11.9 Å². The normalized spacial score (nSPS) is 14.7. The van der Waals surface area contributed by atoms with Gasteiger partial charge in [0, 0.05) is 40.4 Å². The summed E-state index contributed by atoms with van der Waals surface area (Å²) in [7, 11) is 3.52. The van der Waals surface area contributed by atoms with Crippen LogP contribution in [0.15, 0.2) is 0 Å². The number of ether oxygens (including phenoxy) is 1. The van der Waals surface area contributed by atoms with Crippen molar-refractivity contribution >= 4 is 17.8 Å². The molecule has 106 valence electrons. The van der Waals surface area contributed by atoms with Crippen molar-refractivity contribution in [2.75, 3.05) is 55.9 Å². The van der Waals surface area contributed by atoms with E-state index in [1.807, 2.05) is 7.05 Å². The van der Waals surface area contributed by atoms with Gasteiger partial charge in [-0.25, -0.2) is 0 Å². The van der Waals surface area contributed by atoms with E-state index in [2.05, 4.69) is 30.5 Å². The van der Waals surface area contributed by atoms with Crippen molar-refractivity contribution in [3.8, 4) is 0 Å². The Morgan fingerprint density at radius 1 is 1.16 bits per heavy atom. The Hall–Kier alpha value is -1.63. The first-order valence-electron chi connectivity index (χ1n) is 6.75. The van der Waals surface area contributed by atoms with Crippen LogP contribution in [0.4, 0.5) is 17.8 Å². The minimum Gasteiger partial charge on any atom is -0.385 e. The maximum atomic E-state index is 5.02. The van der Waals surface area contributed by atoms with Gasteiger partial charge in [0.15, 0.2) is 0 Å². The summed E-state index contributed by atoms with van der Waals surface area (Å²) in [6.07, 6.45) is 3.34. The summed E-state index contributed by atoms with van der Waals surface area (Å²) < 4.78 is 5.02. The molecule has 7 nitrogen and oxygen atoms in total. The Morgan fingerprint density at radius 2 is 1.89 bits per heavy atom. The van der Waals surface area contributed by atoms with E-state index in [9.17, 15) is 0 Å². The van der Waals surface area contributed by atoms with Gasteiger partial charge in [-0.05, 0) is 19.3 Å². The molecule has 2 rings (SSSR count). The van der Waals surface area contributed by atoms with E-state index >= 15 is 0 Å². The number of nitrogens with zero attached hydrogens (tertiary/aromatic N) is 4. The lowest BCUT2D eigenvalue weighted by Gasteiger charge is -2.16. The molecule has 0 aliphatic carbocycles. The maximum absolute atomic E-state index is 5.02. The molecule has 0 saturated carbocycles. The summed E-state index contributed by atoms with van der Waals surface area (Å²) in [4.78, 5) is 15.4. The monoisotopic (exact) mass is 266 g/mol. The second-order valence-electron chi connectivity index (χ2n) is 4.50. The van der Waals surface area contributed by atoms with Gasteiger partial charge in [-0.2, -0.15) is 15.0 Å². The number of anilines is 3. The van der Waals surface area contributed by atoms with Crippen LogP contribution in [0.3, 0.4) is 0 Å². The second-order valence-corrected chi connectivity index (χ2v) is 4.50. The number of hydrogen-bond acceptors (Lipinski definition) is 7. The van der Waals surface area contributed by atoms with E-state index in [-0.39, 0.29) is 0 Å². The first-order chi connectivity index (χ1) is 9.33. The average Bonchev–Trinajstić information content (AvgIpc) is 2.97. The maximum Gasteiger partial charge on any atom is 0.231 e. The fourth-order valence-electron chi connectivity index (χ4n) is 2.03. The third kappa shape index (κ3) is 3.92. The third-order valence-electron chi connectivity index (χ3n) is 3.04. The van der Waals surface area contributed by atoms with Crippen molar-refractivity contribution in [2.45, 2.75) is 19.3 Å². The van der Waals surface area contributed by atoms with Crippen molar-refractivity contribution in [1.29, 1.82) is 0 Å². The minimum absolute atomic E-state index is 0.603. The van der Waals surface area contributed by atoms with Crippen molar-refractivity contribution in [1.82, 2.24) is 15.0 Å². The van der Waals surface area contributed by atoms with Crippen molar-refractivity contribution in [3.05, 3.63) is 0 Å². The molecule has 0 spiro atoms. The Morgan fingerprint density at radius 3 is 2.58 bits per heavy atom. The number of methoxy groups -OCH3 is 1. The van der Waals surface area contributed by atoms with Crippen LogP contribution in [-0.2, 0) is 4.74 Å². The zero-order valence-electron chi connectivity index (χ0n) is 11.6. The predicted octanol–water partition coefficient (Wildman–Crippen LogP) is 0.962. The molecule has 0 aromatic carbocycles. The largest absolute Gasteiger partial charge is 0.385 e. The first kappa shape index (κ1) is 13.8. The second kappa shape index (κ2) is 7.08. The standard InChI is InChI=1S/C12H22N6O/c1-13-10-15-11(14-6-5-9-19-2)17-12(16-10)18-7-3-4-8-18/h3-9H2,1-2H3,(H2,13,14,15,16,17). The Kier molecular flexibility index (Phi) is 5.14. The number of aromatic nitrogens is 3. The Balaban J connectivity index is 2.02. The quantitative estimate of drug-likeness (QED) is 0.712. The highest BCUT2D eigenvalue weighted by atomic mass is 16.5. The lowest BCUT2D eigenvalue weighted by molar-refractivity contribution is 0.197. The molecule has 19 heavy (non-hydrogen) atoms. The molecule has 0 radical (unpaired) electrons. The molecule has 1 aliphatic heterocycles. The summed E-state index contributed by atoms with van der Waals surface area (Å²) in [5, 5.41) is 6.19. The van der Waals surface area contributed by atoms with Gasteiger partial charge in [0.05, 0.1) is 0 Å². The van der Waals surface area contributed by atoms with E-state index in [0.717, 1.165) is 38.6 Å². The van der Waals surface area contributed by atoms with Crippen LogP contribution in [0.25, 0.3) is 0 Å². The van der Waals surface area contributed by atoms with Crippen LogP contribution < -0.4 is 15.5 Å². The van der Waals surface area contributed by atoms with E-state index in [1.54, 1.807) is 7.11 Å². The van der Waals surface area contributed by atoms with Gasteiger partial charge >= 0.3 is 0 Å². The highest BCUT2D eigenvalue weighted by Crippen LogP contribution is 2.18. The molecular formula is C12H22N6O. The molecule has 0 unspecified atom stereocenters. The molecule has 7 heteroatoms. The molecule has 0 amide bonds. The van der Waals surface area contributed by atoms with Crippen molar-refractivity contribution in [3.63, 3.8) is 0 Å². The highest BCUT2D eigenvalue weighted by molar-refractivity contribution is 5.43. The molecular weight excluding hydrogens is 244 g/mol. The molecule has 0 atom stereocenters. The Labute approximate surface area is 113 Å². The van der Waals surface area contributed by atoms with E-state index < -0.39 is 0 Å². The molecule has 2 N–H and O–H groups in total. The van der Waals surface area contributed by atoms with Gasteiger partial charge in [-0.1, -0.05) is 0 Å². The highest BCUT2D eigenvalue weighted by Gasteiger charge is 2.16. The first-order valence-corrected chi connectivity index (χ1v) is 6.75. The summed E-state index contributed by atoms with van der Waals surface area (Å²) in [5.41, 5.74) is 0. The van der Waals surface area contributed by atoms with Crippen LogP contribution in [-0.4, -0.2) is 55.4 Å². The molecule has 1 aromatic rings. The van der Waals surface area contributed by atoms with E-state index in [1.165, 1.54) is 12.8 Å². The van der Waals surface area contributed by atoms with Gasteiger partial charge in [0.1, 0.15) is 0 Å². The Bertz CT molecular complexity index is 394. The van der Waals surface area contributed by atoms with Crippen LogP contribution in [0.1, 0.15) is 19.3 Å². The fourth-order valence-corrected chi connectivity index (χ4v) is 2.03. The smallest absolute Gasteiger partial charge is 0.231 e. The number of nitrogens with one attached hydrogen (secondary N) is 2. The fraction of sp³-hybridized carbons (Fsp3) is 0.750. The molecule has 1 fully saturated rings. The zero-order chi connectivity index (χ0) is 13.5. The predicted molar refractivity (Wildman–Crippen MR) is 75.8 cm³/mol. The lowest BCUT2D eigenvalue weighted by atomic mass is 10.4. The molecule has 0 bridgehead atoms. The minimum atomic E-state index is 0.603. The van der Waals surface area contributed by atoms with Crippen LogP contribution in [0.2, 0.25) is 0 Å². The lowest BCUT2D eigenvalue weighted by Crippen LogP contribution is -2.22. The SMILES string of the molecule is CNc1nc(NCCCOC)nc(N2CCCC2)n1. The molecule has 1 aromatic heterocycles. The average molecular weight is 266 g/mol. The summed E-state index contributed by atoms with van der Waals surface area (Å²) in [6.45, 7) is 3.57. The van der Waals surface area contributed by atoms with Gasteiger partial charge < -0.3 is 20.3 Å². The van der Waals surface area contributed by atoms with Crippen LogP contribution >= 0.6 is 0 Å². The molecule has 1 aliphatic rings. The zero-order valence-corrected chi connectivity index (χ0v) is 11.6. The van der Waals surface area contributed by atoms with Crippen molar-refractivity contribution in [2.24, 2.45) is 0 Å². The van der Waals surface area contributed by atoms with E-state index in [4.69, 9.17) is 4.74 Å². The van der Waals surface area contributed by atoms with Gasteiger partial charge in [-0.3, -0.25) is 0 Å². The van der Waals surface area contributed by atoms with Gasteiger partial charge in [-0.15, -0.1) is 0 Å². The summed E-state index contributed by atoms with van der Waals surface area (Å²) in [6, 6.07) is 0.